The predicted molar refractivity (Wildman–Crippen MR) is 72.2 cm³/mol. The summed E-state index contributed by atoms with van der Waals surface area (Å²) in [5, 5.41) is 4.74. The maximum absolute atomic E-state index is 12.1. The summed E-state index contributed by atoms with van der Waals surface area (Å²) in [6.07, 6.45) is 4.63. The average molecular weight is 276 g/mol. The summed E-state index contributed by atoms with van der Waals surface area (Å²) in [5.74, 6) is 0. The zero-order chi connectivity index (χ0) is 13.4. The zero-order valence-corrected chi connectivity index (χ0v) is 10.6. The van der Waals surface area contributed by atoms with Gasteiger partial charge in [-0.25, -0.2) is 13.9 Å². The predicted octanol–water partition coefficient (Wildman–Crippen LogP) is 1.17. The van der Waals surface area contributed by atoms with E-state index < -0.39 is 0 Å². The largest absolute Gasteiger partial charge is 0.399 e. The van der Waals surface area contributed by atoms with Crippen molar-refractivity contribution in [2.24, 2.45) is 0 Å². The fourth-order valence-corrected chi connectivity index (χ4v) is 2.04. The maximum Gasteiger partial charge on any atom is 0.350 e. The van der Waals surface area contributed by atoms with Crippen LogP contribution in [0.15, 0.2) is 41.6 Å². The number of hydrogen-bond donors (Lipinski definition) is 1. The Kier molecular flexibility index (Phi) is 2.72. The van der Waals surface area contributed by atoms with Crippen LogP contribution >= 0.6 is 11.6 Å². The molecule has 0 radical (unpaired) electrons. The number of rotatable bonds is 2. The van der Waals surface area contributed by atoms with E-state index in [2.05, 4.69) is 10.1 Å². The van der Waals surface area contributed by atoms with Crippen molar-refractivity contribution in [1.29, 1.82) is 0 Å². The van der Waals surface area contributed by atoms with Gasteiger partial charge in [-0.3, -0.25) is 4.98 Å². The second kappa shape index (κ2) is 4.40. The number of anilines is 1. The van der Waals surface area contributed by atoms with E-state index in [1.54, 1.807) is 24.4 Å². The Morgan fingerprint density at radius 1 is 1.37 bits per heavy atom. The average Bonchev–Trinajstić information content (AvgIpc) is 2.72. The lowest BCUT2D eigenvalue weighted by atomic mass is 10.2. The maximum atomic E-state index is 12.1. The van der Waals surface area contributed by atoms with Gasteiger partial charge in [-0.05, 0) is 23.8 Å². The molecule has 3 rings (SSSR count). The zero-order valence-electron chi connectivity index (χ0n) is 9.82. The molecule has 0 aliphatic rings. The Hall–Kier alpha value is -2.34. The molecule has 0 atom stereocenters. The molecule has 0 saturated carbocycles. The van der Waals surface area contributed by atoms with Crippen LogP contribution in [-0.4, -0.2) is 19.2 Å². The van der Waals surface area contributed by atoms with Crippen molar-refractivity contribution in [2.75, 3.05) is 5.73 Å². The smallest absolute Gasteiger partial charge is 0.350 e. The summed E-state index contributed by atoms with van der Waals surface area (Å²) in [6, 6.07) is 5.15. The van der Waals surface area contributed by atoms with Crippen LogP contribution in [0.3, 0.4) is 0 Å². The minimum absolute atomic E-state index is 0.240. The fraction of sp³-hybridized carbons (Fsp3) is 0.0833. The normalized spacial score (nSPS) is 11.0. The van der Waals surface area contributed by atoms with Crippen molar-refractivity contribution in [1.82, 2.24) is 19.2 Å². The molecule has 7 heteroatoms. The molecular weight excluding hydrogens is 266 g/mol. The van der Waals surface area contributed by atoms with Crippen molar-refractivity contribution in [2.45, 2.75) is 6.54 Å². The third kappa shape index (κ3) is 2.06. The highest BCUT2D eigenvalue weighted by Crippen LogP contribution is 2.19. The first-order chi connectivity index (χ1) is 9.15. The molecule has 1 aromatic carbocycles. The Labute approximate surface area is 113 Å². The first kappa shape index (κ1) is 11.7. The lowest BCUT2D eigenvalue weighted by molar-refractivity contribution is 0.659. The SMILES string of the molecule is Nc1ccc(Cl)c(Cn2nc3cnccn3c2=O)c1. The highest BCUT2D eigenvalue weighted by atomic mass is 35.5. The van der Waals surface area contributed by atoms with Crippen LogP contribution in [0.5, 0.6) is 0 Å². The molecule has 0 spiro atoms. The molecule has 0 unspecified atom stereocenters. The number of hydrogen-bond acceptors (Lipinski definition) is 4. The molecule has 0 saturated heterocycles. The van der Waals surface area contributed by atoms with E-state index in [4.69, 9.17) is 17.3 Å². The Balaban J connectivity index is 2.08. The minimum Gasteiger partial charge on any atom is -0.399 e. The molecule has 19 heavy (non-hydrogen) atoms. The molecular formula is C12H10ClN5O. The summed E-state index contributed by atoms with van der Waals surface area (Å²) >= 11 is 6.08. The first-order valence-electron chi connectivity index (χ1n) is 5.58. The molecule has 2 N–H and O–H groups in total. The number of halogens is 1. The summed E-state index contributed by atoms with van der Waals surface area (Å²) < 4.78 is 2.75. The Bertz CT molecular complexity index is 807. The van der Waals surface area contributed by atoms with Gasteiger partial charge in [0.2, 0.25) is 0 Å². The van der Waals surface area contributed by atoms with Gasteiger partial charge in [-0.1, -0.05) is 11.6 Å². The monoisotopic (exact) mass is 275 g/mol. The van der Waals surface area contributed by atoms with Crippen LogP contribution in [0.1, 0.15) is 5.56 Å². The van der Waals surface area contributed by atoms with Crippen molar-refractivity contribution >= 4 is 22.9 Å². The summed E-state index contributed by atoms with van der Waals surface area (Å²) in [4.78, 5) is 16.0. The van der Waals surface area contributed by atoms with Crippen molar-refractivity contribution in [3.63, 3.8) is 0 Å². The van der Waals surface area contributed by atoms with Crippen LogP contribution in [0.4, 0.5) is 5.69 Å². The number of nitrogen functional groups attached to an aromatic ring is 1. The van der Waals surface area contributed by atoms with E-state index in [1.807, 2.05) is 0 Å². The third-order valence-corrected chi connectivity index (χ3v) is 3.15. The highest BCUT2D eigenvalue weighted by Gasteiger charge is 2.09. The molecule has 0 bridgehead atoms. The van der Waals surface area contributed by atoms with E-state index in [9.17, 15) is 4.79 Å². The molecule has 3 aromatic rings. The summed E-state index contributed by atoms with van der Waals surface area (Å²) in [6.45, 7) is 0.268. The van der Waals surface area contributed by atoms with Crippen LogP contribution in [0.25, 0.3) is 5.65 Å². The number of benzene rings is 1. The molecule has 0 aliphatic carbocycles. The van der Waals surface area contributed by atoms with Crippen LogP contribution in [0.2, 0.25) is 5.02 Å². The van der Waals surface area contributed by atoms with Crippen LogP contribution < -0.4 is 11.4 Å². The number of aromatic nitrogens is 4. The van der Waals surface area contributed by atoms with Crippen molar-refractivity contribution in [3.8, 4) is 0 Å². The third-order valence-electron chi connectivity index (χ3n) is 2.78. The second-order valence-corrected chi connectivity index (χ2v) is 4.50. The van der Waals surface area contributed by atoms with Gasteiger partial charge < -0.3 is 5.73 Å². The topological polar surface area (TPSA) is 78.2 Å². The molecule has 0 amide bonds. The lowest BCUT2D eigenvalue weighted by Crippen LogP contribution is -2.21. The number of fused-ring (bicyclic) bond motifs is 1. The number of nitrogens with two attached hydrogens (primary N) is 1. The van der Waals surface area contributed by atoms with Gasteiger partial charge >= 0.3 is 5.69 Å². The quantitative estimate of drug-likeness (QED) is 0.712. The fourth-order valence-electron chi connectivity index (χ4n) is 1.86. The van der Waals surface area contributed by atoms with E-state index >= 15 is 0 Å². The highest BCUT2D eigenvalue weighted by molar-refractivity contribution is 6.31. The van der Waals surface area contributed by atoms with E-state index in [0.29, 0.717) is 16.4 Å². The summed E-state index contributed by atoms with van der Waals surface area (Å²) in [5.41, 5.74) is 7.31. The van der Waals surface area contributed by atoms with Crippen molar-refractivity contribution < 1.29 is 0 Å². The number of nitrogens with zero attached hydrogens (tertiary/aromatic N) is 4. The molecule has 2 heterocycles. The van der Waals surface area contributed by atoms with Crippen LogP contribution in [-0.2, 0) is 6.54 Å². The Morgan fingerprint density at radius 2 is 2.21 bits per heavy atom. The van der Waals surface area contributed by atoms with Crippen LogP contribution in [0, 0.1) is 0 Å². The first-order valence-corrected chi connectivity index (χ1v) is 5.96. The molecule has 6 nitrogen and oxygen atoms in total. The second-order valence-electron chi connectivity index (χ2n) is 4.10. The van der Waals surface area contributed by atoms with Gasteiger partial charge in [0.25, 0.3) is 0 Å². The molecule has 96 valence electrons. The minimum atomic E-state index is -0.240. The van der Waals surface area contributed by atoms with E-state index in [0.717, 1.165) is 5.56 Å². The molecule has 2 aromatic heterocycles. The van der Waals surface area contributed by atoms with Gasteiger partial charge in [0.05, 0.1) is 12.7 Å². The van der Waals surface area contributed by atoms with E-state index in [-0.39, 0.29) is 12.2 Å². The van der Waals surface area contributed by atoms with Gasteiger partial charge in [0.1, 0.15) is 0 Å². The van der Waals surface area contributed by atoms with Crippen molar-refractivity contribution in [3.05, 3.63) is 57.9 Å². The van der Waals surface area contributed by atoms with Gasteiger partial charge in [-0.15, -0.1) is 5.10 Å². The van der Waals surface area contributed by atoms with E-state index in [1.165, 1.54) is 21.5 Å². The standard InChI is InChI=1S/C12H10ClN5O/c13-10-2-1-9(14)5-8(10)7-18-12(19)17-4-3-15-6-11(17)16-18/h1-6H,7,14H2. The molecule has 0 aliphatic heterocycles. The molecule has 0 fully saturated rings. The summed E-state index contributed by atoms with van der Waals surface area (Å²) in [7, 11) is 0. The lowest BCUT2D eigenvalue weighted by Gasteiger charge is -2.04. The Morgan fingerprint density at radius 3 is 3.00 bits per heavy atom. The van der Waals surface area contributed by atoms with Gasteiger partial charge in [0.15, 0.2) is 5.65 Å². The van der Waals surface area contributed by atoms with Gasteiger partial charge in [-0.2, -0.15) is 0 Å². The van der Waals surface area contributed by atoms with Gasteiger partial charge in [0, 0.05) is 23.1 Å².